The van der Waals surface area contributed by atoms with E-state index in [1.165, 1.54) is 0 Å². The predicted octanol–water partition coefficient (Wildman–Crippen LogP) is 1.82. The minimum Gasteiger partial charge on any atom is -0.503 e. The lowest BCUT2D eigenvalue weighted by Gasteiger charge is -2.07. The highest BCUT2D eigenvalue weighted by molar-refractivity contribution is 7.92. The fourth-order valence-electron chi connectivity index (χ4n) is 1.12. The van der Waals surface area contributed by atoms with Crippen molar-refractivity contribution in [3.8, 4) is 5.75 Å². The Hall–Kier alpha value is -1.37. The first-order valence-corrected chi connectivity index (χ1v) is 6.19. The lowest BCUT2D eigenvalue weighted by Crippen LogP contribution is -2.16. The fourth-order valence-corrected chi connectivity index (χ4v) is 2.24. The molecule has 0 heterocycles. The Morgan fingerprint density at radius 3 is 2.25 bits per heavy atom. The van der Waals surface area contributed by atoms with Crippen molar-refractivity contribution in [2.45, 2.75) is 13.3 Å². The van der Waals surface area contributed by atoms with Gasteiger partial charge in [0, 0.05) is 12.1 Å². The van der Waals surface area contributed by atoms with Crippen molar-refractivity contribution in [3.63, 3.8) is 0 Å². The van der Waals surface area contributed by atoms with Crippen molar-refractivity contribution in [3.05, 3.63) is 23.8 Å². The van der Waals surface area contributed by atoms with E-state index in [1.54, 1.807) is 6.92 Å². The highest BCUT2D eigenvalue weighted by Crippen LogP contribution is 2.24. The number of nitrogens with one attached hydrogen (secondary N) is 1. The van der Waals surface area contributed by atoms with Crippen molar-refractivity contribution < 1.29 is 22.3 Å². The summed E-state index contributed by atoms with van der Waals surface area (Å²) in [7, 11) is -3.60. The smallest absolute Gasteiger partial charge is 0.232 e. The zero-order chi connectivity index (χ0) is 12.3. The molecular formula is C9H11F2NO3S. The minimum atomic E-state index is -3.60. The Morgan fingerprint density at radius 2 is 1.81 bits per heavy atom. The third kappa shape index (κ3) is 3.06. The standard InChI is InChI=1S/C9H11F2NO3S/c1-2-3-16(14,15)12-6-4-7(10)9(13)8(11)5-6/h4-5,12-13H,2-3H2,1H3. The maximum atomic E-state index is 12.9. The van der Waals surface area contributed by atoms with E-state index in [4.69, 9.17) is 5.11 Å². The number of hydrogen-bond acceptors (Lipinski definition) is 3. The molecule has 0 aliphatic rings. The van der Waals surface area contributed by atoms with E-state index < -0.39 is 27.4 Å². The molecule has 16 heavy (non-hydrogen) atoms. The molecule has 2 N–H and O–H groups in total. The second-order valence-corrected chi connectivity index (χ2v) is 5.05. The molecule has 0 saturated carbocycles. The van der Waals surface area contributed by atoms with Crippen molar-refractivity contribution in [2.24, 2.45) is 0 Å². The van der Waals surface area contributed by atoms with Crippen LogP contribution in [-0.4, -0.2) is 19.3 Å². The number of phenolic OH excluding ortho intramolecular Hbond substituents is 1. The summed E-state index contributed by atoms with van der Waals surface area (Å²) in [4.78, 5) is 0. The van der Waals surface area contributed by atoms with Gasteiger partial charge in [0.25, 0.3) is 0 Å². The molecule has 0 bridgehead atoms. The molecule has 0 unspecified atom stereocenters. The Kier molecular flexibility index (Phi) is 3.69. The van der Waals surface area contributed by atoms with E-state index in [1.807, 2.05) is 4.72 Å². The van der Waals surface area contributed by atoms with Crippen LogP contribution in [0.25, 0.3) is 0 Å². The molecule has 0 aliphatic carbocycles. The molecular weight excluding hydrogens is 240 g/mol. The van der Waals surface area contributed by atoms with E-state index in [9.17, 15) is 17.2 Å². The topological polar surface area (TPSA) is 66.4 Å². The maximum absolute atomic E-state index is 12.9. The van der Waals surface area contributed by atoms with Gasteiger partial charge in [0.15, 0.2) is 17.4 Å². The molecule has 1 aromatic rings. The molecule has 0 aliphatic heterocycles. The summed E-state index contributed by atoms with van der Waals surface area (Å²) in [6.07, 6.45) is 0.387. The second-order valence-electron chi connectivity index (χ2n) is 3.21. The second kappa shape index (κ2) is 4.65. The van der Waals surface area contributed by atoms with Crippen molar-refractivity contribution in [1.29, 1.82) is 0 Å². The largest absolute Gasteiger partial charge is 0.503 e. The van der Waals surface area contributed by atoms with Crippen LogP contribution in [0.1, 0.15) is 13.3 Å². The zero-order valence-electron chi connectivity index (χ0n) is 8.50. The summed E-state index contributed by atoms with van der Waals surface area (Å²) in [5.41, 5.74) is -0.249. The van der Waals surface area contributed by atoms with Gasteiger partial charge in [-0.1, -0.05) is 6.92 Å². The van der Waals surface area contributed by atoms with Gasteiger partial charge < -0.3 is 5.11 Å². The van der Waals surface area contributed by atoms with Gasteiger partial charge in [0.1, 0.15) is 0 Å². The van der Waals surface area contributed by atoms with Crippen LogP contribution in [-0.2, 0) is 10.0 Å². The molecule has 0 amide bonds. The van der Waals surface area contributed by atoms with Crippen LogP contribution in [0.2, 0.25) is 0 Å². The van der Waals surface area contributed by atoms with Crippen LogP contribution in [0, 0.1) is 11.6 Å². The molecule has 0 fully saturated rings. The van der Waals surface area contributed by atoms with Gasteiger partial charge in [-0.2, -0.15) is 0 Å². The van der Waals surface area contributed by atoms with Gasteiger partial charge in [0.05, 0.1) is 11.4 Å². The Morgan fingerprint density at radius 1 is 1.31 bits per heavy atom. The number of rotatable bonds is 4. The van der Waals surface area contributed by atoms with Gasteiger partial charge in [-0.25, -0.2) is 17.2 Å². The average Bonchev–Trinajstić information content (AvgIpc) is 2.13. The van der Waals surface area contributed by atoms with Gasteiger partial charge in [-0.3, -0.25) is 4.72 Å². The molecule has 90 valence electrons. The number of sulfonamides is 1. The van der Waals surface area contributed by atoms with Crippen molar-refractivity contribution in [2.75, 3.05) is 10.5 Å². The Balaban J connectivity index is 2.99. The molecule has 0 atom stereocenters. The first kappa shape index (κ1) is 12.7. The monoisotopic (exact) mass is 251 g/mol. The highest BCUT2D eigenvalue weighted by Gasteiger charge is 2.13. The summed E-state index contributed by atoms with van der Waals surface area (Å²) in [6.45, 7) is 1.66. The number of anilines is 1. The van der Waals surface area contributed by atoms with Crippen LogP contribution < -0.4 is 4.72 Å². The molecule has 4 nitrogen and oxygen atoms in total. The van der Waals surface area contributed by atoms with Crippen LogP contribution in [0.15, 0.2) is 12.1 Å². The van der Waals surface area contributed by atoms with E-state index in [0.29, 0.717) is 18.6 Å². The first-order valence-electron chi connectivity index (χ1n) is 4.54. The van der Waals surface area contributed by atoms with Crippen LogP contribution in [0.4, 0.5) is 14.5 Å². The minimum absolute atomic E-state index is 0.142. The van der Waals surface area contributed by atoms with Crippen molar-refractivity contribution >= 4 is 15.7 Å². The first-order chi connectivity index (χ1) is 7.35. The van der Waals surface area contributed by atoms with Crippen LogP contribution >= 0.6 is 0 Å². The Labute approximate surface area is 92.0 Å². The summed E-state index contributed by atoms with van der Waals surface area (Å²) in [5.74, 6) is -3.70. The molecule has 7 heteroatoms. The number of phenols is 1. The van der Waals surface area contributed by atoms with Gasteiger partial charge in [0.2, 0.25) is 10.0 Å². The molecule has 0 radical (unpaired) electrons. The Bertz CT molecular complexity index is 465. The fraction of sp³-hybridized carbons (Fsp3) is 0.333. The van der Waals surface area contributed by atoms with Gasteiger partial charge >= 0.3 is 0 Å². The van der Waals surface area contributed by atoms with Crippen LogP contribution in [0.3, 0.4) is 0 Å². The van der Waals surface area contributed by atoms with Gasteiger partial charge in [-0.15, -0.1) is 0 Å². The quantitative estimate of drug-likeness (QED) is 0.802. The van der Waals surface area contributed by atoms with Crippen LogP contribution in [0.5, 0.6) is 5.75 Å². The van der Waals surface area contributed by atoms with E-state index in [2.05, 4.69) is 0 Å². The number of hydrogen-bond donors (Lipinski definition) is 2. The zero-order valence-corrected chi connectivity index (χ0v) is 9.31. The SMILES string of the molecule is CCCS(=O)(=O)Nc1cc(F)c(O)c(F)c1. The molecule has 0 spiro atoms. The maximum Gasteiger partial charge on any atom is 0.232 e. The lowest BCUT2D eigenvalue weighted by molar-refractivity contribution is 0.396. The molecule has 0 saturated heterocycles. The molecule has 1 rings (SSSR count). The number of benzene rings is 1. The summed E-state index contributed by atoms with van der Waals surface area (Å²) < 4.78 is 50.3. The van der Waals surface area contributed by atoms with E-state index in [-0.39, 0.29) is 11.4 Å². The average molecular weight is 251 g/mol. The summed E-state index contributed by atoms with van der Waals surface area (Å²) in [6, 6.07) is 1.43. The molecule has 1 aromatic carbocycles. The van der Waals surface area contributed by atoms with Gasteiger partial charge in [-0.05, 0) is 6.42 Å². The third-order valence-corrected chi connectivity index (χ3v) is 3.26. The third-order valence-electron chi connectivity index (χ3n) is 1.76. The highest BCUT2D eigenvalue weighted by atomic mass is 32.2. The molecule has 0 aromatic heterocycles. The number of halogens is 2. The van der Waals surface area contributed by atoms with E-state index >= 15 is 0 Å². The normalized spacial score (nSPS) is 11.4. The lowest BCUT2D eigenvalue weighted by atomic mass is 10.3. The number of aromatic hydroxyl groups is 1. The predicted molar refractivity (Wildman–Crippen MR) is 55.7 cm³/mol. The van der Waals surface area contributed by atoms with E-state index in [0.717, 1.165) is 0 Å². The van der Waals surface area contributed by atoms with Crippen molar-refractivity contribution in [1.82, 2.24) is 0 Å². The summed E-state index contributed by atoms with van der Waals surface area (Å²) in [5, 5.41) is 8.81. The summed E-state index contributed by atoms with van der Waals surface area (Å²) >= 11 is 0.